The molecule has 2 rings (SSSR count). The zero-order valence-corrected chi connectivity index (χ0v) is 12.2. The van der Waals surface area contributed by atoms with E-state index in [0.717, 1.165) is 37.4 Å². The number of pyridine rings is 1. The van der Waals surface area contributed by atoms with Crippen molar-refractivity contribution in [2.45, 2.75) is 20.3 Å². The van der Waals surface area contributed by atoms with Gasteiger partial charge in [-0.25, -0.2) is 0 Å². The lowest BCUT2D eigenvalue weighted by Gasteiger charge is -2.24. The first-order valence-corrected chi connectivity index (χ1v) is 7.06. The van der Waals surface area contributed by atoms with E-state index in [0.29, 0.717) is 0 Å². The molecule has 0 bridgehead atoms. The second kappa shape index (κ2) is 8.48. The van der Waals surface area contributed by atoms with Gasteiger partial charge in [0, 0.05) is 37.1 Å². The Kier molecular flexibility index (Phi) is 6.90. The highest BCUT2D eigenvalue weighted by molar-refractivity contribution is 5.73. The highest BCUT2D eigenvalue weighted by Crippen LogP contribution is 2.24. The zero-order valence-electron chi connectivity index (χ0n) is 12.2. The van der Waals surface area contributed by atoms with Crippen LogP contribution in [0.4, 0.5) is 5.69 Å². The summed E-state index contributed by atoms with van der Waals surface area (Å²) < 4.78 is 0. The molecular formula is C16H25N3. The third-order valence-electron chi connectivity index (χ3n) is 3.08. The molecule has 19 heavy (non-hydrogen) atoms. The van der Waals surface area contributed by atoms with Crippen molar-refractivity contribution in [3.63, 3.8) is 0 Å². The van der Waals surface area contributed by atoms with Crippen LogP contribution in [0.1, 0.15) is 31.5 Å². The van der Waals surface area contributed by atoms with Gasteiger partial charge in [0.15, 0.2) is 0 Å². The van der Waals surface area contributed by atoms with Crippen LogP contribution >= 0.6 is 0 Å². The molecule has 3 heteroatoms. The van der Waals surface area contributed by atoms with Crippen molar-refractivity contribution in [1.29, 1.82) is 0 Å². The summed E-state index contributed by atoms with van der Waals surface area (Å²) in [7, 11) is 0. The topological polar surface area (TPSA) is 28.2 Å². The van der Waals surface area contributed by atoms with E-state index in [4.69, 9.17) is 0 Å². The van der Waals surface area contributed by atoms with Crippen molar-refractivity contribution in [1.82, 2.24) is 10.3 Å². The van der Waals surface area contributed by atoms with Gasteiger partial charge in [-0.1, -0.05) is 33.1 Å². The average Bonchev–Trinajstić information content (AvgIpc) is 2.77. The van der Waals surface area contributed by atoms with Crippen molar-refractivity contribution in [3.8, 4) is 0 Å². The standard InChI is InChI=1S/C14H19N3.C2H6/c1-3-12-13(4-2)16-8-6-14(12)17-10-5-7-15-9-11-17;1-2/h3-4,6,8,15H,1-2,5,7,9-11H2;1-2H3. The minimum Gasteiger partial charge on any atom is -0.370 e. The Morgan fingerprint density at radius 1 is 1.21 bits per heavy atom. The molecule has 1 fully saturated rings. The highest BCUT2D eigenvalue weighted by Gasteiger charge is 2.13. The van der Waals surface area contributed by atoms with Crippen LogP contribution in [0.25, 0.3) is 12.2 Å². The van der Waals surface area contributed by atoms with Gasteiger partial charge < -0.3 is 10.2 Å². The maximum atomic E-state index is 4.32. The average molecular weight is 259 g/mol. The number of nitrogens with zero attached hydrogens (tertiary/aromatic N) is 2. The van der Waals surface area contributed by atoms with Gasteiger partial charge in [0.1, 0.15) is 0 Å². The molecular weight excluding hydrogens is 234 g/mol. The first kappa shape index (κ1) is 15.4. The second-order valence-corrected chi connectivity index (χ2v) is 4.13. The minimum absolute atomic E-state index is 0.912. The zero-order chi connectivity index (χ0) is 14.1. The van der Waals surface area contributed by atoms with Gasteiger partial charge in [-0.2, -0.15) is 0 Å². The SMILES string of the molecule is C=Cc1nccc(N2CCCNCC2)c1C=C.CC. The van der Waals surface area contributed by atoms with Crippen molar-refractivity contribution in [3.05, 3.63) is 36.7 Å². The van der Waals surface area contributed by atoms with Crippen molar-refractivity contribution < 1.29 is 0 Å². The van der Waals surface area contributed by atoms with Crippen LogP contribution < -0.4 is 10.2 Å². The molecule has 0 radical (unpaired) electrons. The van der Waals surface area contributed by atoms with Crippen LogP contribution in [0.3, 0.4) is 0 Å². The van der Waals surface area contributed by atoms with E-state index >= 15 is 0 Å². The van der Waals surface area contributed by atoms with Gasteiger partial charge in [0.25, 0.3) is 0 Å². The van der Waals surface area contributed by atoms with E-state index in [2.05, 4.69) is 34.4 Å². The molecule has 0 saturated carbocycles. The Labute approximate surface area is 117 Å². The largest absolute Gasteiger partial charge is 0.370 e. The van der Waals surface area contributed by atoms with Gasteiger partial charge in [0.05, 0.1) is 5.69 Å². The lowest BCUT2D eigenvalue weighted by atomic mass is 10.1. The smallest absolute Gasteiger partial charge is 0.0716 e. The summed E-state index contributed by atoms with van der Waals surface area (Å²) in [4.78, 5) is 6.71. The van der Waals surface area contributed by atoms with Gasteiger partial charge in [-0.15, -0.1) is 0 Å². The van der Waals surface area contributed by atoms with Crippen LogP contribution in [0.15, 0.2) is 25.4 Å². The Morgan fingerprint density at radius 3 is 2.68 bits per heavy atom. The number of rotatable bonds is 3. The van der Waals surface area contributed by atoms with Crippen molar-refractivity contribution in [2.24, 2.45) is 0 Å². The Bertz CT molecular complexity index is 404. The molecule has 1 aliphatic rings. The van der Waals surface area contributed by atoms with Gasteiger partial charge >= 0.3 is 0 Å². The summed E-state index contributed by atoms with van der Waals surface area (Å²) in [6, 6.07) is 2.06. The fourth-order valence-electron chi connectivity index (χ4n) is 2.21. The van der Waals surface area contributed by atoms with E-state index in [1.54, 1.807) is 6.08 Å². The molecule has 1 aromatic rings. The molecule has 1 N–H and O–H groups in total. The van der Waals surface area contributed by atoms with Gasteiger partial charge in [0.2, 0.25) is 0 Å². The van der Waals surface area contributed by atoms with Crippen LogP contribution in [0.2, 0.25) is 0 Å². The van der Waals surface area contributed by atoms with Crippen LogP contribution in [-0.4, -0.2) is 31.2 Å². The molecule has 2 heterocycles. The summed E-state index contributed by atoms with van der Waals surface area (Å²) in [5.41, 5.74) is 3.22. The molecule has 0 aromatic carbocycles. The van der Waals surface area contributed by atoms with E-state index in [9.17, 15) is 0 Å². The van der Waals surface area contributed by atoms with E-state index in [1.807, 2.05) is 26.1 Å². The number of hydrogen-bond donors (Lipinski definition) is 1. The number of aromatic nitrogens is 1. The summed E-state index contributed by atoms with van der Waals surface area (Å²) in [6.07, 6.45) is 6.67. The quantitative estimate of drug-likeness (QED) is 0.903. The Hall–Kier alpha value is -1.61. The maximum absolute atomic E-state index is 4.32. The van der Waals surface area contributed by atoms with E-state index in [1.165, 1.54) is 12.1 Å². The monoisotopic (exact) mass is 259 g/mol. The summed E-state index contributed by atoms with van der Waals surface area (Å²) in [5.74, 6) is 0. The second-order valence-electron chi connectivity index (χ2n) is 4.13. The molecule has 0 unspecified atom stereocenters. The van der Waals surface area contributed by atoms with Crippen molar-refractivity contribution >= 4 is 17.8 Å². The number of anilines is 1. The number of nitrogens with one attached hydrogen (secondary N) is 1. The molecule has 0 atom stereocenters. The maximum Gasteiger partial charge on any atom is 0.0716 e. The fourth-order valence-corrected chi connectivity index (χ4v) is 2.21. The van der Waals surface area contributed by atoms with Gasteiger partial charge in [-0.05, 0) is 25.1 Å². The number of hydrogen-bond acceptors (Lipinski definition) is 3. The highest BCUT2D eigenvalue weighted by atomic mass is 15.2. The molecule has 0 amide bonds. The Morgan fingerprint density at radius 2 is 2.00 bits per heavy atom. The molecule has 104 valence electrons. The fraction of sp³-hybridized carbons (Fsp3) is 0.438. The molecule has 1 saturated heterocycles. The summed E-state index contributed by atoms with van der Waals surface area (Å²) in [6.45, 7) is 15.9. The predicted molar refractivity (Wildman–Crippen MR) is 85.5 cm³/mol. The molecule has 1 aliphatic heterocycles. The Balaban J connectivity index is 0.000000861. The first-order valence-electron chi connectivity index (χ1n) is 7.06. The summed E-state index contributed by atoms with van der Waals surface area (Å²) in [5, 5.41) is 3.41. The van der Waals surface area contributed by atoms with E-state index < -0.39 is 0 Å². The molecule has 1 aromatic heterocycles. The summed E-state index contributed by atoms with van der Waals surface area (Å²) >= 11 is 0. The molecule has 0 aliphatic carbocycles. The lowest BCUT2D eigenvalue weighted by Crippen LogP contribution is -2.28. The molecule has 3 nitrogen and oxygen atoms in total. The third-order valence-corrected chi connectivity index (χ3v) is 3.08. The minimum atomic E-state index is 0.912. The van der Waals surface area contributed by atoms with E-state index in [-0.39, 0.29) is 0 Å². The van der Waals surface area contributed by atoms with Crippen LogP contribution in [0, 0.1) is 0 Å². The molecule has 0 spiro atoms. The lowest BCUT2D eigenvalue weighted by molar-refractivity contribution is 0.724. The van der Waals surface area contributed by atoms with Crippen molar-refractivity contribution in [2.75, 3.05) is 31.1 Å². The predicted octanol–water partition coefficient (Wildman–Crippen LogP) is 3.19. The third kappa shape index (κ3) is 3.93. The van der Waals surface area contributed by atoms with Gasteiger partial charge in [-0.3, -0.25) is 4.98 Å². The first-order chi connectivity index (χ1) is 9.36. The normalized spacial score (nSPS) is 14.9. The van der Waals surface area contributed by atoms with Crippen LogP contribution in [-0.2, 0) is 0 Å². The van der Waals surface area contributed by atoms with Crippen LogP contribution in [0.5, 0.6) is 0 Å².